The number of nitrogens with one attached hydrogen (secondary N) is 1. The van der Waals surface area contributed by atoms with E-state index in [1.807, 2.05) is 65.6 Å². The molecule has 156 valence electrons. The summed E-state index contributed by atoms with van der Waals surface area (Å²) in [5.74, 6) is 1.80. The van der Waals surface area contributed by atoms with E-state index in [9.17, 15) is 4.79 Å². The van der Waals surface area contributed by atoms with E-state index in [-0.39, 0.29) is 18.1 Å². The quantitative estimate of drug-likeness (QED) is 0.671. The Kier molecular flexibility index (Phi) is 5.97. The highest BCUT2D eigenvalue weighted by molar-refractivity contribution is 5.74. The average Bonchev–Trinajstić information content (AvgIpc) is 3.28. The number of benzene rings is 2. The van der Waals surface area contributed by atoms with Crippen LogP contribution in [0.4, 0.5) is 4.79 Å². The number of carbonyl (C=O) groups is 1. The lowest BCUT2D eigenvalue weighted by Crippen LogP contribution is -2.50. The first-order chi connectivity index (χ1) is 14.6. The molecule has 2 heterocycles. The van der Waals surface area contributed by atoms with Gasteiger partial charge in [-0.2, -0.15) is 4.98 Å². The Morgan fingerprint density at radius 2 is 1.90 bits per heavy atom. The van der Waals surface area contributed by atoms with E-state index >= 15 is 0 Å². The molecule has 1 aromatic heterocycles. The van der Waals surface area contributed by atoms with Gasteiger partial charge in [0, 0.05) is 25.0 Å². The Labute approximate surface area is 176 Å². The summed E-state index contributed by atoms with van der Waals surface area (Å²) in [4.78, 5) is 19.1. The van der Waals surface area contributed by atoms with Crippen LogP contribution in [-0.4, -0.2) is 34.2 Å². The third kappa shape index (κ3) is 4.79. The van der Waals surface area contributed by atoms with Crippen molar-refractivity contribution in [1.29, 1.82) is 0 Å². The number of hydrogen-bond acceptors (Lipinski definition) is 5. The number of ether oxygens (including phenoxy) is 1. The van der Waals surface area contributed by atoms with Crippen molar-refractivity contribution in [2.24, 2.45) is 0 Å². The molecule has 1 saturated heterocycles. The van der Waals surface area contributed by atoms with E-state index in [1.165, 1.54) is 0 Å². The van der Waals surface area contributed by atoms with Crippen LogP contribution in [0.5, 0.6) is 5.75 Å². The molecule has 0 spiro atoms. The van der Waals surface area contributed by atoms with E-state index in [1.54, 1.807) is 0 Å². The number of likely N-dealkylation sites (tertiary alicyclic amines) is 1. The summed E-state index contributed by atoms with van der Waals surface area (Å²) >= 11 is 0. The molecule has 0 saturated carbocycles. The van der Waals surface area contributed by atoms with Gasteiger partial charge in [0.15, 0.2) is 12.4 Å². The Morgan fingerprint density at radius 1 is 1.17 bits per heavy atom. The largest absolute Gasteiger partial charge is 0.484 e. The molecule has 1 aliphatic rings. The van der Waals surface area contributed by atoms with Crippen molar-refractivity contribution in [3.05, 3.63) is 77.9 Å². The van der Waals surface area contributed by atoms with Gasteiger partial charge in [-0.15, -0.1) is 0 Å². The fourth-order valence-corrected chi connectivity index (χ4v) is 3.70. The van der Waals surface area contributed by atoms with Gasteiger partial charge in [0.05, 0.1) is 0 Å². The summed E-state index contributed by atoms with van der Waals surface area (Å²) in [7, 11) is 0. The minimum Gasteiger partial charge on any atom is -0.484 e. The van der Waals surface area contributed by atoms with E-state index in [4.69, 9.17) is 9.26 Å². The third-order valence-electron chi connectivity index (χ3n) is 5.38. The minimum atomic E-state index is -0.350. The second kappa shape index (κ2) is 8.98. The lowest BCUT2D eigenvalue weighted by molar-refractivity contribution is 0.150. The molecule has 0 bridgehead atoms. The van der Waals surface area contributed by atoms with Crippen molar-refractivity contribution >= 4 is 6.03 Å². The maximum Gasteiger partial charge on any atom is 0.317 e. The minimum absolute atomic E-state index is 0.0686. The van der Waals surface area contributed by atoms with Gasteiger partial charge in [-0.25, -0.2) is 4.79 Å². The number of nitrogens with zero attached hydrogens (tertiary/aromatic N) is 3. The zero-order chi connectivity index (χ0) is 20.8. The van der Waals surface area contributed by atoms with Crippen LogP contribution in [0.25, 0.3) is 0 Å². The number of para-hydroxylation sites is 1. The van der Waals surface area contributed by atoms with Crippen molar-refractivity contribution < 1.29 is 14.1 Å². The molecule has 1 unspecified atom stereocenters. The summed E-state index contributed by atoms with van der Waals surface area (Å²) in [6.07, 6.45) is 1.79. The van der Waals surface area contributed by atoms with Crippen LogP contribution in [0.1, 0.15) is 37.0 Å². The van der Waals surface area contributed by atoms with E-state index in [0.29, 0.717) is 24.8 Å². The predicted octanol–water partition coefficient (Wildman–Crippen LogP) is 3.91. The van der Waals surface area contributed by atoms with Crippen molar-refractivity contribution in [1.82, 2.24) is 20.4 Å². The van der Waals surface area contributed by atoms with Crippen molar-refractivity contribution in [3.63, 3.8) is 0 Å². The van der Waals surface area contributed by atoms with Gasteiger partial charge in [0.2, 0.25) is 0 Å². The smallest absolute Gasteiger partial charge is 0.317 e. The van der Waals surface area contributed by atoms with Crippen molar-refractivity contribution in [2.75, 3.05) is 13.1 Å². The number of rotatable bonds is 6. The standard InChI is InChI=1S/C23H26N4O3/c1-23(21-25-20(30-26-21)16-29-19-11-6-3-7-12-19)13-8-14-27(17-23)22(28)24-15-18-9-4-2-5-10-18/h2-7,9-12H,8,13-17H2,1H3,(H,24,28). The number of aromatic nitrogens is 2. The first-order valence-electron chi connectivity index (χ1n) is 10.2. The lowest BCUT2D eigenvalue weighted by Gasteiger charge is -2.38. The predicted molar refractivity (Wildman–Crippen MR) is 112 cm³/mol. The molecule has 30 heavy (non-hydrogen) atoms. The summed E-state index contributed by atoms with van der Waals surface area (Å²) < 4.78 is 11.1. The van der Waals surface area contributed by atoms with Gasteiger partial charge >= 0.3 is 6.03 Å². The highest BCUT2D eigenvalue weighted by atomic mass is 16.5. The maximum atomic E-state index is 12.7. The van der Waals surface area contributed by atoms with Crippen molar-refractivity contribution in [3.8, 4) is 5.75 Å². The van der Waals surface area contributed by atoms with Crippen LogP contribution in [0, 0.1) is 0 Å². The lowest BCUT2D eigenvalue weighted by atomic mass is 9.81. The number of amides is 2. The molecule has 0 aliphatic carbocycles. The van der Waals surface area contributed by atoms with E-state index in [0.717, 1.165) is 30.7 Å². The molecule has 1 atom stereocenters. The van der Waals surface area contributed by atoms with Gasteiger partial charge in [-0.3, -0.25) is 0 Å². The highest BCUT2D eigenvalue weighted by Gasteiger charge is 2.38. The van der Waals surface area contributed by atoms with Gasteiger partial charge < -0.3 is 19.5 Å². The van der Waals surface area contributed by atoms with Crippen LogP contribution >= 0.6 is 0 Å². The van der Waals surface area contributed by atoms with Gasteiger partial charge in [0.1, 0.15) is 5.75 Å². The molecule has 7 heteroatoms. The maximum absolute atomic E-state index is 12.7. The topological polar surface area (TPSA) is 80.5 Å². The van der Waals surface area contributed by atoms with Crippen molar-refractivity contribution in [2.45, 2.75) is 38.3 Å². The monoisotopic (exact) mass is 406 g/mol. The number of urea groups is 1. The Balaban J connectivity index is 1.35. The highest BCUT2D eigenvalue weighted by Crippen LogP contribution is 2.32. The second-order valence-corrected chi connectivity index (χ2v) is 7.84. The Hall–Kier alpha value is -3.35. The molecule has 3 aromatic rings. The molecule has 1 N–H and O–H groups in total. The van der Waals surface area contributed by atoms with Gasteiger partial charge in [-0.05, 0) is 30.5 Å². The fourth-order valence-electron chi connectivity index (χ4n) is 3.70. The molecule has 7 nitrogen and oxygen atoms in total. The Morgan fingerprint density at radius 3 is 2.67 bits per heavy atom. The Bertz CT molecular complexity index is 961. The SMILES string of the molecule is CC1(c2noc(COc3ccccc3)n2)CCCN(C(=O)NCc2ccccc2)C1. The number of piperidine rings is 1. The van der Waals surface area contributed by atoms with Crippen LogP contribution in [0.2, 0.25) is 0 Å². The van der Waals surface area contributed by atoms with E-state index < -0.39 is 0 Å². The second-order valence-electron chi connectivity index (χ2n) is 7.84. The van der Waals surface area contributed by atoms with Crippen LogP contribution in [0.15, 0.2) is 65.2 Å². The summed E-state index contributed by atoms with van der Waals surface area (Å²) in [6, 6.07) is 19.3. The number of hydrogen-bond donors (Lipinski definition) is 1. The number of carbonyl (C=O) groups excluding carboxylic acids is 1. The van der Waals surface area contributed by atoms with E-state index in [2.05, 4.69) is 22.4 Å². The summed E-state index contributed by atoms with van der Waals surface area (Å²) in [6.45, 7) is 4.07. The first kappa shape index (κ1) is 19.9. The molecule has 4 rings (SSSR count). The molecule has 1 fully saturated rings. The fraction of sp³-hybridized carbons (Fsp3) is 0.348. The molecule has 0 radical (unpaired) electrons. The first-order valence-corrected chi connectivity index (χ1v) is 10.2. The molecular formula is C23H26N4O3. The molecule has 2 amide bonds. The van der Waals surface area contributed by atoms with Gasteiger partial charge in [-0.1, -0.05) is 60.6 Å². The normalized spacial score (nSPS) is 18.8. The molecule has 2 aromatic carbocycles. The summed E-state index contributed by atoms with van der Waals surface area (Å²) in [5.41, 5.74) is 0.725. The van der Waals surface area contributed by atoms with Crippen LogP contribution < -0.4 is 10.1 Å². The molecular weight excluding hydrogens is 380 g/mol. The molecule has 1 aliphatic heterocycles. The van der Waals surface area contributed by atoms with Gasteiger partial charge in [0.25, 0.3) is 5.89 Å². The van der Waals surface area contributed by atoms with Crippen LogP contribution in [0.3, 0.4) is 0 Å². The zero-order valence-corrected chi connectivity index (χ0v) is 17.1. The zero-order valence-electron chi connectivity index (χ0n) is 17.1. The summed E-state index contributed by atoms with van der Waals surface area (Å²) in [5, 5.41) is 7.19. The average molecular weight is 406 g/mol. The van der Waals surface area contributed by atoms with Crippen LogP contribution in [-0.2, 0) is 18.6 Å². The third-order valence-corrected chi connectivity index (χ3v) is 5.38.